The molecule has 0 aliphatic carbocycles. The van der Waals surface area contributed by atoms with Gasteiger partial charge in [0, 0.05) is 11.9 Å². The third-order valence-electron chi connectivity index (χ3n) is 4.32. The fraction of sp³-hybridized carbons (Fsp3) is 0.143. The molecule has 5 nitrogen and oxygen atoms in total. The van der Waals surface area contributed by atoms with Gasteiger partial charge in [-0.15, -0.1) is 0 Å². The van der Waals surface area contributed by atoms with Crippen LogP contribution in [0.2, 0.25) is 0 Å². The molecule has 0 atom stereocenters. The molecule has 5 heteroatoms. The summed E-state index contributed by atoms with van der Waals surface area (Å²) in [7, 11) is 0. The molecular weight excluding hydrogens is 326 g/mol. The number of nitrogens with one attached hydrogen (secondary N) is 1. The first kappa shape index (κ1) is 16.1. The molecule has 0 radical (unpaired) electrons. The van der Waals surface area contributed by atoms with E-state index in [1.807, 2.05) is 72.8 Å². The normalized spacial score (nSPS) is 13.5. The van der Waals surface area contributed by atoms with Crippen LogP contribution in [0.3, 0.4) is 0 Å². The summed E-state index contributed by atoms with van der Waals surface area (Å²) in [5.41, 5.74) is 0.795. The Morgan fingerprint density at radius 2 is 1.77 bits per heavy atom. The lowest BCUT2D eigenvalue weighted by Crippen LogP contribution is -2.40. The molecule has 2 amide bonds. The zero-order valence-corrected chi connectivity index (χ0v) is 14.3. The zero-order chi connectivity index (χ0) is 17.8. The highest BCUT2D eigenvalue weighted by atomic mass is 16.5. The molecule has 26 heavy (non-hydrogen) atoms. The maximum absolute atomic E-state index is 12.8. The van der Waals surface area contributed by atoms with E-state index in [0.29, 0.717) is 18.9 Å². The summed E-state index contributed by atoms with van der Waals surface area (Å²) in [6.45, 7) is 1.42. The molecule has 130 valence electrons. The molecule has 0 saturated heterocycles. The van der Waals surface area contributed by atoms with Gasteiger partial charge in [0.15, 0.2) is 0 Å². The van der Waals surface area contributed by atoms with Crippen LogP contribution in [0.25, 0.3) is 10.8 Å². The van der Waals surface area contributed by atoms with Gasteiger partial charge in [-0.1, -0.05) is 54.6 Å². The first-order valence-electron chi connectivity index (χ1n) is 8.59. The summed E-state index contributed by atoms with van der Waals surface area (Å²) in [6, 6.07) is 23.2. The third-order valence-corrected chi connectivity index (χ3v) is 4.32. The van der Waals surface area contributed by atoms with Crippen LogP contribution in [0.4, 0.5) is 10.5 Å². The highest BCUT2D eigenvalue weighted by Crippen LogP contribution is 2.23. The molecule has 1 N–H and O–H groups in total. The quantitative estimate of drug-likeness (QED) is 0.772. The number of carbonyl (C=O) groups excluding carboxylic acids is 1. The minimum absolute atomic E-state index is 0.186. The molecular formula is C21H19N3O2. The van der Waals surface area contributed by atoms with Crippen molar-refractivity contribution in [2.75, 3.05) is 25.0 Å². The molecule has 4 rings (SSSR count). The molecule has 3 aromatic rings. The number of benzene rings is 3. The van der Waals surface area contributed by atoms with Gasteiger partial charge in [0.25, 0.3) is 0 Å². The van der Waals surface area contributed by atoms with Crippen LogP contribution < -0.4 is 10.1 Å². The molecule has 1 heterocycles. The SMILES string of the molecule is O=C(Nc1cccc2ccccc12)N1CCN=C1COc1ccccc1. The Morgan fingerprint density at radius 3 is 2.65 bits per heavy atom. The van der Waals surface area contributed by atoms with E-state index in [-0.39, 0.29) is 12.6 Å². The molecule has 1 aliphatic heterocycles. The number of amides is 2. The van der Waals surface area contributed by atoms with Gasteiger partial charge in [-0.2, -0.15) is 0 Å². The van der Waals surface area contributed by atoms with Crippen molar-refractivity contribution in [1.82, 2.24) is 4.90 Å². The number of rotatable bonds is 4. The second kappa shape index (κ2) is 7.27. The Morgan fingerprint density at radius 1 is 1.00 bits per heavy atom. The number of urea groups is 1. The Hall–Kier alpha value is -3.34. The molecule has 1 aliphatic rings. The third kappa shape index (κ3) is 3.37. The van der Waals surface area contributed by atoms with Crippen LogP contribution in [-0.4, -0.2) is 36.5 Å². The monoisotopic (exact) mass is 345 g/mol. The Balaban J connectivity index is 1.46. The van der Waals surface area contributed by atoms with Crippen molar-refractivity contribution in [2.24, 2.45) is 4.99 Å². The number of ether oxygens (including phenoxy) is 1. The summed E-state index contributed by atoms with van der Waals surface area (Å²) in [5, 5.41) is 5.11. The maximum atomic E-state index is 12.8. The van der Waals surface area contributed by atoms with Crippen molar-refractivity contribution in [3.63, 3.8) is 0 Å². The van der Waals surface area contributed by atoms with Crippen LogP contribution in [0.1, 0.15) is 0 Å². The number of hydrogen-bond donors (Lipinski definition) is 1. The maximum Gasteiger partial charge on any atom is 0.327 e. The number of nitrogens with zero attached hydrogens (tertiary/aromatic N) is 2. The van der Waals surface area contributed by atoms with Crippen molar-refractivity contribution >= 4 is 28.3 Å². The van der Waals surface area contributed by atoms with Crippen molar-refractivity contribution in [1.29, 1.82) is 0 Å². The van der Waals surface area contributed by atoms with Gasteiger partial charge in [0.1, 0.15) is 18.2 Å². The van der Waals surface area contributed by atoms with Crippen molar-refractivity contribution in [3.05, 3.63) is 72.8 Å². The minimum Gasteiger partial charge on any atom is -0.486 e. The summed E-state index contributed by atoms with van der Waals surface area (Å²) in [5.74, 6) is 1.41. The fourth-order valence-corrected chi connectivity index (χ4v) is 3.02. The molecule has 0 aromatic heterocycles. The molecule has 3 aromatic carbocycles. The summed E-state index contributed by atoms with van der Waals surface area (Å²) >= 11 is 0. The molecule has 0 bridgehead atoms. The molecule has 0 saturated carbocycles. The lowest BCUT2D eigenvalue weighted by molar-refractivity contribution is 0.234. The van der Waals surface area contributed by atoms with Gasteiger partial charge in [0.2, 0.25) is 0 Å². The van der Waals surface area contributed by atoms with Gasteiger partial charge in [-0.25, -0.2) is 4.79 Å². The number of para-hydroxylation sites is 1. The lowest BCUT2D eigenvalue weighted by atomic mass is 10.1. The van der Waals surface area contributed by atoms with E-state index in [1.54, 1.807) is 4.90 Å². The number of amidine groups is 1. The number of carbonyl (C=O) groups is 1. The van der Waals surface area contributed by atoms with E-state index >= 15 is 0 Å². The Bertz CT molecular complexity index is 948. The molecule has 0 unspecified atom stereocenters. The standard InChI is InChI=1S/C21H19N3O2/c25-21(23-19-12-6-8-16-7-4-5-11-18(16)19)24-14-13-22-20(24)15-26-17-9-2-1-3-10-17/h1-12H,13-15H2,(H,23,25). The average Bonchev–Trinajstić information content (AvgIpc) is 3.16. The Labute approximate surface area is 151 Å². The number of aliphatic imine (C=N–C) groups is 1. The van der Waals surface area contributed by atoms with E-state index in [0.717, 1.165) is 22.2 Å². The predicted octanol–water partition coefficient (Wildman–Crippen LogP) is 4.16. The van der Waals surface area contributed by atoms with Gasteiger partial charge in [0.05, 0.1) is 12.2 Å². The second-order valence-electron chi connectivity index (χ2n) is 6.01. The van der Waals surface area contributed by atoms with Gasteiger partial charge in [-0.3, -0.25) is 9.89 Å². The largest absolute Gasteiger partial charge is 0.486 e. The first-order valence-corrected chi connectivity index (χ1v) is 8.59. The topological polar surface area (TPSA) is 53.9 Å². The van der Waals surface area contributed by atoms with Crippen LogP contribution in [-0.2, 0) is 0 Å². The highest BCUT2D eigenvalue weighted by Gasteiger charge is 2.24. The smallest absolute Gasteiger partial charge is 0.327 e. The van der Waals surface area contributed by atoms with Crippen LogP contribution in [0.15, 0.2) is 77.8 Å². The zero-order valence-electron chi connectivity index (χ0n) is 14.3. The van der Waals surface area contributed by atoms with E-state index in [9.17, 15) is 4.79 Å². The summed E-state index contributed by atoms with van der Waals surface area (Å²) in [4.78, 5) is 18.8. The number of fused-ring (bicyclic) bond motifs is 1. The van der Waals surface area contributed by atoms with Crippen LogP contribution >= 0.6 is 0 Å². The van der Waals surface area contributed by atoms with E-state index < -0.39 is 0 Å². The second-order valence-corrected chi connectivity index (χ2v) is 6.01. The van der Waals surface area contributed by atoms with Gasteiger partial charge < -0.3 is 10.1 Å². The number of hydrogen-bond acceptors (Lipinski definition) is 3. The number of anilines is 1. The van der Waals surface area contributed by atoms with Gasteiger partial charge in [-0.05, 0) is 23.6 Å². The van der Waals surface area contributed by atoms with Crippen molar-refractivity contribution in [3.8, 4) is 5.75 Å². The predicted molar refractivity (Wildman–Crippen MR) is 104 cm³/mol. The van der Waals surface area contributed by atoms with Crippen molar-refractivity contribution < 1.29 is 9.53 Å². The minimum atomic E-state index is -0.186. The van der Waals surface area contributed by atoms with E-state index in [1.165, 1.54) is 0 Å². The van der Waals surface area contributed by atoms with Crippen molar-refractivity contribution in [2.45, 2.75) is 0 Å². The molecule has 0 spiro atoms. The summed E-state index contributed by atoms with van der Waals surface area (Å²) in [6.07, 6.45) is 0. The highest BCUT2D eigenvalue weighted by molar-refractivity contribution is 6.08. The lowest BCUT2D eigenvalue weighted by Gasteiger charge is -2.20. The van der Waals surface area contributed by atoms with Gasteiger partial charge >= 0.3 is 6.03 Å². The van der Waals surface area contributed by atoms with Crippen LogP contribution in [0, 0.1) is 0 Å². The first-order chi connectivity index (χ1) is 12.8. The molecule has 0 fully saturated rings. The van der Waals surface area contributed by atoms with E-state index in [2.05, 4.69) is 10.3 Å². The Kier molecular flexibility index (Phi) is 4.51. The summed E-state index contributed by atoms with van der Waals surface area (Å²) < 4.78 is 5.74. The van der Waals surface area contributed by atoms with Crippen LogP contribution in [0.5, 0.6) is 5.75 Å². The fourth-order valence-electron chi connectivity index (χ4n) is 3.02. The average molecular weight is 345 g/mol. The van der Waals surface area contributed by atoms with E-state index in [4.69, 9.17) is 4.74 Å².